The summed E-state index contributed by atoms with van der Waals surface area (Å²) in [5.74, 6) is -8.73. The van der Waals surface area contributed by atoms with Crippen molar-refractivity contribution in [2.45, 2.75) is 18.8 Å². The number of carbonyl (C=O) groups excluding carboxylic acids is 2. The van der Waals surface area contributed by atoms with Gasteiger partial charge >= 0.3 is 0 Å². The third-order valence-corrected chi connectivity index (χ3v) is 4.83. The summed E-state index contributed by atoms with van der Waals surface area (Å²) >= 11 is 0. The number of nitrogens with one attached hydrogen (secondary N) is 1. The van der Waals surface area contributed by atoms with Gasteiger partial charge in [0.2, 0.25) is 11.8 Å². The van der Waals surface area contributed by atoms with E-state index in [1.165, 1.54) is 42.3 Å². The largest absolute Gasteiger partial charge is 0.344 e. The minimum absolute atomic E-state index is 0.140. The highest BCUT2D eigenvalue weighted by Gasteiger charge is 2.44. The molecule has 0 spiro atoms. The first-order valence-electron chi connectivity index (χ1n) is 8.57. The molecule has 0 radical (unpaired) electrons. The Kier molecular flexibility index (Phi) is 5.14. The Bertz CT molecular complexity index is 927. The van der Waals surface area contributed by atoms with Gasteiger partial charge in [-0.3, -0.25) is 9.59 Å². The van der Waals surface area contributed by atoms with Crippen LogP contribution in [-0.4, -0.2) is 30.3 Å². The van der Waals surface area contributed by atoms with Crippen molar-refractivity contribution in [2.75, 3.05) is 18.9 Å². The van der Waals surface area contributed by atoms with Crippen molar-refractivity contribution in [3.05, 3.63) is 65.2 Å². The zero-order chi connectivity index (χ0) is 20.6. The fourth-order valence-corrected chi connectivity index (χ4v) is 3.35. The Hall–Kier alpha value is -2.90. The average Bonchev–Trinajstić information content (AvgIpc) is 2.93. The number of amides is 2. The Balaban J connectivity index is 1.93. The van der Waals surface area contributed by atoms with Gasteiger partial charge in [-0.25, -0.2) is 17.6 Å². The number of nitrogens with zero attached hydrogens (tertiary/aromatic N) is 1. The molecule has 0 saturated carbocycles. The zero-order valence-electron chi connectivity index (χ0n) is 15.2. The van der Waals surface area contributed by atoms with E-state index in [0.717, 1.165) is 13.0 Å². The molecule has 2 atom stereocenters. The molecule has 0 aliphatic carbocycles. The first-order chi connectivity index (χ1) is 13.1. The Labute approximate surface area is 159 Å². The minimum Gasteiger partial charge on any atom is -0.344 e. The summed E-state index contributed by atoms with van der Waals surface area (Å²) in [6.45, 7) is 0.899. The molecule has 3 rings (SSSR count). The number of anilines is 1. The van der Waals surface area contributed by atoms with E-state index in [4.69, 9.17) is 0 Å². The molecule has 0 bridgehead atoms. The number of alkyl halides is 2. The molecule has 1 heterocycles. The lowest BCUT2D eigenvalue weighted by molar-refractivity contribution is -0.135. The van der Waals surface area contributed by atoms with E-state index in [2.05, 4.69) is 5.32 Å². The van der Waals surface area contributed by atoms with Crippen molar-refractivity contribution >= 4 is 17.5 Å². The molecule has 0 unspecified atom stereocenters. The molecule has 0 aromatic heterocycles. The summed E-state index contributed by atoms with van der Waals surface area (Å²) in [5, 5.41) is 2.24. The van der Waals surface area contributed by atoms with Gasteiger partial charge in [-0.15, -0.1) is 0 Å². The number of halogens is 4. The molecule has 1 aliphatic rings. The molecule has 4 nitrogen and oxygen atoms in total. The highest BCUT2D eigenvalue weighted by molar-refractivity contribution is 6.08. The number of hydrogen-bond acceptors (Lipinski definition) is 2. The van der Waals surface area contributed by atoms with Crippen molar-refractivity contribution in [1.29, 1.82) is 0 Å². The Morgan fingerprint density at radius 3 is 2.54 bits per heavy atom. The van der Waals surface area contributed by atoms with Gasteiger partial charge in [-0.2, -0.15) is 0 Å². The summed E-state index contributed by atoms with van der Waals surface area (Å²) in [4.78, 5) is 26.5. The summed E-state index contributed by atoms with van der Waals surface area (Å²) in [6, 6.07) is 8.83. The van der Waals surface area contributed by atoms with Crippen LogP contribution in [0.4, 0.5) is 23.2 Å². The molecule has 2 amide bonds. The van der Waals surface area contributed by atoms with Crippen molar-refractivity contribution in [1.82, 2.24) is 4.90 Å². The first-order valence-corrected chi connectivity index (χ1v) is 8.57. The van der Waals surface area contributed by atoms with Gasteiger partial charge in [0.1, 0.15) is 5.92 Å². The maximum atomic E-state index is 13.9. The van der Waals surface area contributed by atoms with Gasteiger partial charge in [-0.05, 0) is 23.8 Å². The molecular formula is C20H18F4N2O2. The highest BCUT2D eigenvalue weighted by atomic mass is 19.3. The predicted octanol–water partition coefficient (Wildman–Crippen LogP) is 3.89. The van der Waals surface area contributed by atoms with Crippen LogP contribution in [0.25, 0.3) is 0 Å². The second-order valence-electron chi connectivity index (χ2n) is 6.91. The molecule has 2 aromatic rings. The fraction of sp³-hybridized carbons (Fsp3) is 0.300. The maximum Gasteiger partial charge on any atom is 0.270 e. The highest BCUT2D eigenvalue weighted by Crippen LogP contribution is 2.36. The fourth-order valence-electron chi connectivity index (χ4n) is 3.35. The topological polar surface area (TPSA) is 49.4 Å². The maximum absolute atomic E-state index is 13.9. The molecule has 1 saturated heterocycles. The molecule has 2 aromatic carbocycles. The number of likely N-dealkylation sites (N-methyl/N-ethyl adjacent to an activating group) is 1. The van der Waals surface area contributed by atoms with Gasteiger partial charge in [0.15, 0.2) is 11.6 Å². The van der Waals surface area contributed by atoms with Crippen LogP contribution in [0.3, 0.4) is 0 Å². The molecule has 1 N–H and O–H groups in total. The van der Waals surface area contributed by atoms with Crippen LogP contribution in [0, 0.1) is 17.6 Å². The van der Waals surface area contributed by atoms with Gasteiger partial charge in [0.05, 0.1) is 5.69 Å². The number of likely N-dealkylation sites (tertiary alicyclic amines) is 1. The summed E-state index contributed by atoms with van der Waals surface area (Å²) in [7, 11) is 1.49. The van der Waals surface area contributed by atoms with Crippen LogP contribution >= 0.6 is 0 Å². The number of hydrogen-bond donors (Lipinski definition) is 1. The van der Waals surface area contributed by atoms with E-state index < -0.39 is 41.2 Å². The molecular weight excluding hydrogens is 376 g/mol. The molecule has 1 fully saturated rings. The lowest BCUT2D eigenvalue weighted by Crippen LogP contribution is -2.33. The number of carbonyl (C=O) groups is 2. The van der Waals surface area contributed by atoms with Gasteiger partial charge in [0, 0.05) is 32.0 Å². The van der Waals surface area contributed by atoms with E-state index in [0.29, 0.717) is 5.56 Å². The molecule has 1 aliphatic heterocycles. The van der Waals surface area contributed by atoms with Gasteiger partial charge in [-0.1, -0.05) is 24.3 Å². The van der Waals surface area contributed by atoms with E-state index in [9.17, 15) is 27.2 Å². The summed E-state index contributed by atoms with van der Waals surface area (Å²) < 4.78 is 54.6. The predicted molar refractivity (Wildman–Crippen MR) is 94.9 cm³/mol. The summed E-state index contributed by atoms with van der Waals surface area (Å²) in [5.41, 5.74) is -0.223. The van der Waals surface area contributed by atoms with Crippen LogP contribution in [-0.2, 0) is 15.5 Å². The third-order valence-electron chi connectivity index (χ3n) is 4.83. The van der Waals surface area contributed by atoms with Crippen LogP contribution in [0.1, 0.15) is 24.0 Å². The van der Waals surface area contributed by atoms with Gasteiger partial charge < -0.3 is 10.2 Å². The van der Waals surface area contributed by atoms with E-state index in [-0.39, 0.29) is 17.8 Å². The number of rotatable bonds is 4. The molecule has 28 heavy (non-hydrogen) atoms. The minimum atomic E-state index is -3.08. The van der Waals surface area contributed by atoms with Crippen molar-refractivity contribution < 1.29 is 27.2 Å². The smallest absolute Gasteiger partial charge is 0.270 e. The lowest BCUT2D eigenvalue weighted by Gasteiger charge is -2.19. The second kappa shape index (κ2) is 7.26. The summed E-state index contributed by atoms with van der Waals surface area (Å²) in [6.07, 6.45) is 0. The molecule has 8 heteroatoms. The van der Waals surface area contributed by atoms with Crippen molar-refractivity contribution in [3.63, 3.8) is 0 Å². The standard InChI is InChI=1S/C20H18F4N2O2/c1-20(23,24)12-6-3-5-11(9-12)13-10-26(2)19(28)16(13)18(27)25-15-8-4-7-14(21)17(15)22/h3-9,13,16H,10H2,1-2H3,(H,25,27)/t13-,16+/m1/s1. The van der Waals surface area contributed by atoms with E-state index in [1.807, 2.05) is 0 Å². The first kappa shape index (κ1) is 19.9. The molecule has 148 valence electrons. The van der Waals surface area contributed by atoms with Crippen LogP contribution < -0.4 is 5.32 Å². The zero-order valence-corrected chi connectivity index (χ0v) is 15.2. The van der Waals surface area contributed by atoms with Crippen LogP contribution in [0.2, 0.25) is 0 Å². The SMILES string of the molecule is CN1C[C@H](c2cccc(C(C)(F)F)c2)[C@@H](C(=O)Nc2cccc(F)c2F)C1=O. The lowest BCUT2D eigenvalue weighted by atomic mass is 9.86. The van der Waals surface area contributed by atoms with Crippen molar-refractivity contribution in [2.24, 2.45) is 5.92 Å². The number of benzene rings is 2. The average molecular weight is 394 g/mol. The Morgan fingerprint density at radius 1 is 1.18 bits per heavy atom. The van der Waals surface area contributed by atoms with Crippen molar-refractivity contribution in [3.8, 4) is 0 Å². The van der Waals surface area contributed by atoms with Gasteiger partial charge in [0.25, 0.3) is 5.92 Å². The normalized spacial score (nSPS) is 19.8. The van der Waals surface area contributed by atoms with Crippen LogP contribution in [0.15, 0.2) is 42.5 Å². The second-order valence-corrected chi connectivity index (χ2v) is 6.91. The third kappa shape index (κ3) is 3.72. The quantitative estimate of drug-likeness (QED) is 0.632. The Morgan fingerprint density at radius 2 is 1.86 bits per heavy atom. The van der Waals surface area contributed by atoms with E-state index in [1.54, 1.807) is 6.07 Å². The van der Waals surface area contributed by atoms with Crippen LogP contribution in [0.5, 0.6) is 0 Å². The van der Waals surface area contributed by atoms with E-state index >= 15 is 0 Å². The monoisotopic (exact) mass is 394 g/mol.